The minimum atomic E-state index is -0.263. The van der Waals surface area contributed by atoms with E-state index in [4.69, 9.17) is 14.7 Å². The van der Waals surface area contributed by atoms with Gasteiger partial charge in [0.25, 0.3) is 5.91 Å². The zero-order chi connectivity index (χ0) is 28.3. The number of benzene rings is 5. The summed E-state index contributed by atoms with van der Waals surface area (Å²) in [6.07, 6.45) is 1.78. The molecule has 1 aromatic heterocycles. The molecule has 0 radical (unpaired) electrons. The summed E-state index contributed by atoms with van der Waals surface area (Å²) in [5.41, 5.74) is 3.54. The largest absolute Gasteiger partial charge is 0.457 e. The zero-order valence-corrected chi connectivity index (χ0v) is 23.2. The van der Waals surface area contributed by atoms with Crippen LogP contribution in [0.2, 0.25) is 0 Å². The molecule has 1 aliphatic heterocycles. The van der Waals surface area contributed by atoms with Crippen molar-refractivity contribution in [2.75, 3.05) is 4.90 Å². The van der Waals surface area contributed by atoms with E-state index in [9.17, 15) is 4.79 Å². The summed E-state index contributed by atoms with van der Waals surface area (Å²) in [7, 11) is 0. The molecule has 0 spiro atoms. The lowest BCUT2D eigenvalue weighted by atomic mass is 10.2. The quantitative estimate of drug-likeness (QED) is 0.198. The number of hydrogen-bond donors (Lipinski definition) is 1. The summed E-state index contributed by atoms with van der Waals surface area (Å²) in [4.78, 5) is 30.6. The minimum Gasteiger partial charge on any atom is -0.457 e. The van der Waals surface area contributed by atoms with Gasteiger partial charge in [-0.15, -0.1) is 0 Å². The highest BCUT2D eigenvalue weighted by molar-refractivity contribution is 7.99. The molecule has 0 unspecified atom stereocenters. The van der Waals surface area contributed by atoms with Crippen LogP contribution in [0.4, 0.5) is 5.95 Å². The highest BCUT2D eigenvalue weighted by atomic mass is 32.2. The van der Waals surface area contributed by atoms with Crippen LogP contribution in [0, 0.1) is 0 Å². The number of nitrogens with one attached hydrogen (secondary N) is 1. The first-order valence-corrected chi connectivity index (χ1v) is 14.3. The Labute approximate surface area is 247 Å². The number of carbonyl (C=O) groups excluding carboxylic acids is 1. The van der Waals surface area contributed by atoms with Gasteiger partial charge in [0.05, 0.1) is 11.0 Å². The van der Waals surface area contributed by atoms with Gasteiger partial charge in [-0.3, -0.25) is 4.79 Å². The lowest BCUT2D eigenvalue weighted by molar-refractivity contribution is -0.113. The third-order valence-corrected chi connectivity index (χ3v) is 7.66. The molecule has 0 atom stereocenters. The van der Waals surface area contributed by atoms with Crippen LogP contribution in [0.25, 0.3) is 17.1 Å². The van der Waals surface area contributed by atoms with Crippen LogP contribution in [0.1, 0.15) is 11.1 Å². The second-order valence-electron chi connectivity index (χ2n) is 9.61. The molecule has 42 heavy (non-hydrogen) atoms. The van der Waals surface area contributed by atoms with Crippen molar-refractivity contribution in [2.45, 2.75) is 9.79 Å². The number of amidine groups is 1. The lowest BCUT2D eigenvalue weighted by Crippen LogP contribution is -2.33. The van der Waals surface area contributed by atoms with Gasteiger partial charge in [-0.1, -0.05) is 90.6 Å². The SMILES string of the molecule is O=C1/C(=C/c2cccc(Oc3ccccc3)c2)N=C(c2ccccc2)N1c1nc2ccc(Sc3ccccc3)cc2[nH]1. The molecule has 1 N–H and O–H groups in total. The Bertz CT molecular complexity index is 1950. The van der Waals surface area contributed by atoms with Crippen molar-refractivity contribution in [3.8, 4) is 11.5 Å². The molecule has 202 valence electrons. The van der Waals surface area contributed by atoms with Crippen LogP contribution in [-0.4, -0.2) is 21.7 Å². The first-order chi connectivity index (χ1) is 20.7. The normalized spacial score (nSPS) is 14.0. The Kier molecular flexibility index (Phi) is 6.84. The van der Waals surface area contributed by atoms with Crippen LogP contribution in [-0.2, 0) is 4.79 Å². The molecule has 6 aromatic rings. The first kappa shape index (κ1) is 25.6. The van der Waals surface area contributed by atoms with Gasteiger partial charge < -0.3 is 9.72 Å². The number of rotatable bonds is 7. The van der Waals surface area contributed by atoms with E-state index >= 15 is 0 Å². The Morgan fingerprint density at radius 1 is 0.714 bits per heavy atom. The van der Waals surface area contributed by atoms with Gasteiger partial charge in [0.15, 0.2) is 5.84 Å². The van der Waals surface area contributed by atoms with E-state index in [0.717, 1.165) is 37.7 Å². The van der Waals surface area contributed by atoms with Gasteiger partial charge >= 0.3 is 0 Å². The van der Waals surface area contributed by atoms with E-state index in [2.05, 4.69) is 23.2 Å². The first-order valence-electron chi connectivity index (χ1n) is 13.5. The topological polar surface area (TPSA) is 70.6 Å². The van der Waals surface area contributed by atoms with E-state index in [1.165, 1.54) is 0 Å². The number of para-hydroxylation sites is 1. The Hall–Kier alpha value is -5.40. The summed E-state index contributed by atoms with van der Waals surface area (Å²) < 4.78 is 5.99. The molecular weight excluding hydrogens is 540 g/mol. The maximum atomic E-state index is 13.9. The van der Waals surface area contributed by atoms with E-state index < -0.39 is 0 Å². The zero-order valence-electron chi connectivity index (χ0n) is 22.3. The molecule has 0 fully saturated rings. The second-order valence-corrected chi connectivity index (χ2v) is 10.8. The van der Waals surface area contributed by atoms with Crippen molar-refractivity contribution < 1.29 is 9.53 Å². The van der Waals surface area contributed by atoms with Gasteiger partial charge in [0.1, 0.15) is 17.2 Å². The van der Waals surface area contributed by atoms with Crippen molar-refractivity contribution in [3.05, 3.63) is 150 Å². The summed E-state index contributed by atoms with van der Waals surface area (Å²) in [5, 5.41) is 0. The third kappa shape index (κ3) is 5.33. The van der Waals surface area contributed by atoms with Crippen molar-refractivity contribution in [2.24, 2.45) is 4.99 Å². The number of carbonyl (C=O) groups is 1. The predicted molar refractivity (Wildman–Crippen MR) is 168 cm³/mol. The summed E-state index contributed by atoms with van der Waals surface area (Å²) in [6.45, 7) is 0. The number of H-pyrrole nitrogens is 1. The molecule has 0 saturated heterocycles. The van der Waals surface area contributed by atoms with Crippen LogP contribution in [0.15, 0.2) is 154 Å². The summed E-state index contributed by atoms with van der Waals surface area (Å²) >= 11 is 1.67. The molecule has 2 heterocycles. The average molecular weight is 565 g/mol. The number of ether oxygens (including phenoxy) is 1. The summed E-state index contributed by atoms with van der Waals surface area (Å²) in [5.74, 6) is 2.09. The van der Waals surface area contributed by atoms with Crippen LogP contribution >= 0.6 is 11.8 Å². The standard InChI is InChI=1S/C35H24N4O2S/c40-34-32(22-24-11-10-16-27(21-24)41-26-14-6-2-7-15-26)36-33(25-12-4-1-5-13-25)39(34)35-37-30-20-19-29(23-31(30)38-35)42-28-17-8-3-9-18-28/h1-23H,(H,37,38)/b32-22-. The molecule has 0 bridgehead atoms. The molecule has 7 rings (SSSR count). The fraction of sp³-hybridized carbons (Fsp3) is 0. The fourth-order valence-electron chi connectivity index (χ4n) is 4.71. The number of aromatic nitrogens is 2. The Morgan fingerprint density at radius 3 is 2.21 bits per heavy atom. The van der Waals surface area contributed by atoms with Crippen LogP contribution in [0.5, 0.6) is 11.5 Å². The van der Waals surface area contributed by atoms with Crippen molar-refractivity contribution in [3.63, 3.8) is 0 Å². The number of imidazole rings is 1. The highest BCUT2D eigenvalue weighted by Crippen LogP contribution is 2.32. The minimum absolute atomic E-state index is 0.263. The van der Waals surface area contributed by atoms with Crippen LogP contribution < -0.4 is 9.64 Å². The van der Waals surface area contributed by atoms with Gasteiger partial charge in [0.2, 0.25) is 5.95 Å². The molecule has 0 saturated carbocycles. The third-order valence-electron chi connectivity index (χ3n) is 6.66. The Balaban J connectivity index is 1.23. The Morgan fingerprint density at radius 2 is 1.43 bits per heavy atom. The second kappa shape index (κ2) is 11.2. The van der Waals surface area contributed by atoms with Gasteiger partial charge in [-0.25, -0.2) is 14.9 Å². The van der Waals surface area contributed by atoms with E-state index in [0.29, 0.717) is 23.2 Å². The van der Waals surface area contributed by atoms with E-state index in [1.807, 2.05) is 115 Å². The van der Waals surface area contributed by atoms with Crippen molar-refractivity contribution in [1.82, 2.24) is 9.97 Å². The highest BCUT2D eigenvalue weighted by Gasteiger charge is 2.34. The maximum absolute atomic E-state index is 13.9. The molecule has 1 aliphatic rings. The monoisotopic (exact) mass is 564 g/mol. The number of hydrogen-bond acceptors (Lipinski definition) is 5. The van der Waals surface area contributed by atoms with E-state index in [-0.39, 0.29) is 5.91 Å². The van der Waals surface area contributed by atoms with Gasteiger partial charge in [-0.05, 0) is 66.2 Å². The fourth-order valence-corrected chi connectivity index (χ4v) is 5.59. The lowest BCUT2D eigenvalue weighted by Gasteiger charge is -2.15. The number of nitrogens with zero attached hydrogens (tertiary/aromatic N) is 3. The van der Waals surface area contributed by atoms with Gasteiger partial charge in [-0.2, -0.15) is 0 Å². The molecular formula is C35H24N4O2S. The molecule has 1 amide bonds. The summed E-state index contributed by atoms with van der Waals surface area (Å²) in [6, 6.07) is 43.1. The molecule has 0 aliphatic carbocycles. The number of fused-ring (bicyclic) bond motifs is 1. The number of aromatic amines is 1. The van der Waals surface area contributed by atoms with Crippen molar-refractivity contribution in [1.29, 1.82) is 0 Å². The molecule has 7 heteroatoms. The van der Waals surface area contributed by atoms with E-state index in [1.54, 1.807) is 22.7 Å². The van der Waals surface area contributed by atoms with Crippen molar-refractivity contribution >= 4 is 46.6 Å². The average Bonchev–Trinajstić information content (AvgIpc) is 3.59. The molecule has 6 nitrogen and oxygen atoms in total. The molecule has 5 aromatic carbocycles. The number of anilines is 1. The maximum Gasteiger partial charge on any atom is 0.285 e. The smallest absolute Gasteiger partial charge is 0.285 e. The van der Waals surface area contributed by atoms with Gasteiger partial charge in [0, 0.05) is 15.4 Å². The number of amides is 1. The predicted octanol–water partition coefficient (Wildman–Crippen LogP) is 8.34. The number of aliphatic imine (C=N–C) groups is 1. The van der Waals surface area contributed by atoms with Crippen LogP contribution in [0.3, 0.4) is 0 Å².